The van der Waals surface area contributed by atoms with Crippen molar-refractivity contribution < 1.29 is 9.94 Å². The van der Waals surface area contributed by atoms with Crippen molar-refractivity contribution in [3.05, 3.63) is 10.0 Å². The number of hydrogen-bond acceptors (Lipinski definition) is 7. The molecule has 0 radical (unpaired) electrons. The van der Waals surface area contributed by atoms with Gasteiger partial charge in [0.2, 0.25) is 0 Å². The third-order valence-corrected chi connectivity index (χ3v) is 2.40. The number of nitrogens with zero attached hydrogens (tertiary/aromatic N) is 2. The van der Waals surface area contributed by atoms with Crippen LogP contribution in [-0.4, -0.2) is 29.1 Å². The molecular weight excluding hydrogens is 228 g/mol. The van der Waals surface area contributed by atoms with Crippen molar-refractivity contribution in [3.8, 4) is 0 Å². The Morgan fingerprint density at radius 3 is 2.79 bits per heavy atom. The summed E-state index contributed by atoms with van der Waals surface area (Å²) < 4.78 is 0.308. The van der Waals surface area contributed by atoms with E-state index in [-0.39, 0.29) is 16.5 Å². The maximum atomic E-state index is 9.16. The Labute approximate surface area is 89.1 Å². The van der Waals surface area contributed by atoms with Gasteiger partial charge in [-0.15, -0.1) is 0 Å². The molecule has 1 heterocycles. The summed E-state index contributed by atoms with van der Waals surface area (Å²) in [6, 6.07) is 0. The molecule has 0 aromatic carbocycles. The van der Waals surface area contributed by atoms with Gasteiger partial charge in [0.15, 0.2) is 17.1 Å². The minimum atomic E-state index is -1.31. The SMILES string of the molecule is CO/N=C(/c1nc(N)sc1Cl)C(N)O. The molecule has 78 valence electrons. The highest BCUT2D eigenvalue weighted by Gasteiger charge is 2.19. The molecule has 1 aromatic heterocycles. The average molecular weight is 237 g/mol. The van der Waals surface area contributed by atoms with Gasteiger partial charge >= 0.3 is 0 Å². The first-order valence-corrected chi connectivity index (χ1v) is 4.72. The highest BCUT2D eigenvalue weighted by atomic mass is 35.5. The lowest BCUT2D eigenvalue weighted by Gasteiger charge is -2.05. The largest absolute Gasteiger partial charge is 0.399 e. The summed E-state index contributed by atoms with van der Waals surface area (Å²) in [6.07, 6.45) is -1.31. The van der Waals surface area contributed by atoms with Crippen LogP contribution in [0.5, 0.6) is 0 Å². The first kappa shape index (κ1) is 11.2. The van der Waals surface area contributed by atoms with Crippen LogP contribution in [0.2, 0.25) is 4.34 Å². The number of nitrogens with two attached hydrogens (primary N) is 2. The molecule has 1 unspecified atom stereocenters. The highest BCUT2D eigenvalue weighted by Crippen LogP contribution is 2.26. The number of rotatable bonds is 3. The number of thiazole rings is 1. The number of anilines is 1. The lowest BCUT2D eigenvalue weighted by atomic mass is 10.3. The monoisotopic (exact) mass is 236 g/mol. The standard InChI is InChI=1S/C6H9ClN4O2S/c1-13-11-3(5(8)12)2-4(7)14-6(9)10-2/h5,12H,8H2,1H3,(H2,9,10)/b11-3-. The summed E-state index contributed by atoms with van der Waals surface area (Å²) in [6.45, 7) is 0. The second-order valence-corrected chi connectivity index (χ2v) is 3.91. The van der Waals surface area contributed by atoms with Crippen LogP contribution >= 0.6 is 22.9 Å². The second-order valence-electron chi connectivity index (χ2n) is 2.28. The van der Waals surface area contributed by atoms with E-state index < -0.39 is 6.23 Å². The van der Waals surface area contributed by atoms with E-state index in [1.54, 1.807) is 0 Å². The summed E-state index contributed by atoms with van der Waals surface area (Å²) in [5, 5.41) is 12.9. The molecule has 0 saturated carbocycles. The van der Waals surface area contributed by atoms with E-state index in [0.29, 0.717) is 4.34 Å². The molecule has 0 aliphatic carbocycles. The summed E-state index contributed by atoms with van der Waals surface area (Å²) in [5.41, 5.74) is 10.9. The molecule has 0 fully saturated rings. The van der Waals surface area contributed by atoms with Crippen LogP contribution in [0.4, 0.5) is 5.13 Å². The molecule has 0 spiro atoms. The number of oxime groups is 1. The van der Waals surface area contributed by atoms with E-state index in [0.717, 1.165) is 11.3 Å². The van der Waals surface area contributed by atoms with Crippen LogP contribution in [0.1, 0.15) is 5.69 Å². The zero-order valence-corrected chi connectivity index (χ0v) is 8.84. The number of nitrogen functional groups attached to an aromatic ring is 1. The molecule has 1 rings (SSSR count). The Balaban J connectivity index is 3.11. The second kappa shape index (κ2) is 4.56. The summed E-state index contributed by atoms with van der Waals surface area (Å²) in [4.78, 5) is 8.36. The highest BCUT2D eigenvalue weighted by molar-refractivity contribution is 7.19. The molecule has 8 heteroatoms. The number of aliphatic hydroxyl groups is 1. The maximum absolute atomic E-state index is 9.16. The van der Waals surface area contributed by atoms with Crippen molar-refractivity contribution in [1.29, 1.82) is 0 Å². The van der Waals surface area contributed by atoms with E-state index in [2.05, 4.69) is 15.0 Å². The van der Waals surface area contributed by atoms with Crippen molar-refractivity contribution in [2.75, 3.05) is 12.8 Å². The van der Waals surface area contributed by atoms with Crippen molar-refractivity contribution in [2.45, 2.75) is 6.23 Å². The lowest BCUT2D eigenvalue weighted by Crippen LogP contribution is -2.31. The van der Waals surface area contributed by atoms with Crippen molar-refractivity contribution in [3.63, 3.8) is 0 Å². The smallest absolute Gasteiger partial charge is 0.182 e. The summed E-state index contributed by atoms with van der Waals surface area (Å²) in [5.74, 6) is 0. The first-order chi connectivity index (χ1) is 6.56. The van der Waals surface area contributed by atoms with Crippen LogP contribution in [0.15, 0.2) is 5.16 Å². The molecule has 1 atom stereocenters. The predicted molar refractivity (Wildman–Crippen MR) is 55.3 cm³/mol. The van der Waals surface area contributed by atoms with Crippen LogP contribution in [-0.2, 0) is 4.84 Å². The minimum absolute atomic E-state index is 0.0467. The van der Waals surface area contributed by atoms with Gasteiger partial charge < -0.3 is 21.4 Å². The van der Waals surface area contributed by atoms with E-state index >= 15 is 0 Å². The quantitative estimate of drug-likeness (QED) is 0.389. The molecule has 0 aliphatic rings. The zero-order valence-electron chi connectivity index (χ0n) is 7.27. The van der Waals surface area contributed by atoms with Gasteiger partial charge in [-0.2, -0.15) is 0 Å². The molecule has 0 amide bonds. The van der Waals surface area contributed by atoms with E-state index in [4.69, 9.17) is 28.2 Å². The van der Waals surface area contributed by atoms with Crippen LogP contribution in [0.3, 0.4) is 0 Å². The maximum Gasteiger partial charge on any atom is 0.182 e. The van der Waals surface area contributed by atoms with Gasteiger partial charge in [-0.25, -0.2) is 4.98 Å². The van der Waals surface area contributed by atoms with Gasteiger partial charge in [-0.05, 0) is 0 Å². The molecular formula is C6H9ClN4O2S. The molecule has 0 aliphatic heterocycles. The first-order valence-electron chi connectivity index (χ1n) is 3.53. The number of halogens is 1. The summed E-state index contributed by atoms with van der Waals surface area (Å²) in [7, 11) is 1.33. The normalized spacial score (nSPS) is 14.1. The Kier molecular flexibility index (Phi) is 3.64. The Morgan fingerprint density at radius 1 is 1.79 bits per heavy atom. The fourth-order valence-electron chi connectivity index (χ4n) is 0.811. The van der Waals surface area contributed by atoms with Gasteiger partial charge in [0.05, 0.1) is 0 Å². The van der Waals surface area contributed by atoms with Crippen molar-refractivity contribution >= 4 is 33.8 Å². The van der Waals surface area contributed by atoms with Gasteiger partial charge in [-0.3, -0.25) is 0 Å². The van der Waals surface area contributed by atoms with Crippen molar-refractivity contribution in [2.24, 2.45) is 10.9 Å². The molecule has 14 heavy (non-hydrogen) atoms. The Morgan fingerprint density at radius 2 is 2.43 bits per heavy atom. The van der Waals surface area contributed by atoms with Crippen LogP contribution < -0.4 is 11.5 Å². The summed E-state index contributed by atoms with van der Waals surface area (Å²) >= 11 is 6.86. The lowest BCUT2D eigenvalue weighted by molar-refractivity contribution is 0.197. The van der Waals surface area contributed by atoms with E-state index in [1.165, 1.54) is 7.11 Å². The number of aliphatic hydroxyl groups excluding tert-OH is 1. The fourth-order valence-corrected chi connectivity index (χ4v) is 1.75. The topological polar surface area (TPSA) is 107 Å². The van der Waals surface area contributed by atoms with Gasteiger partial charge in [-0.1, -0.05) is 28.1 Å². The van der Waals surface area contributed by atoms with E-state index in [1.807, 2.05) is 0 Å². The van der Waals surface area contributed by atoms with Crippen molar-refractivity contribution in [1.82, 2.24) is 4.98 Å². The van der Waals surface area contributed by atoms with Gasteiger partial charge in [0.25, 0.3) is 0 Å². The number of aromatic nitrogens is 1. The molecule has 0 bridgehead atoms. The molecule has 1 aromatic rings. The van der Waals surface area contributed by atoms with Gasteiger partial charge in [0.1, 0.15) is 17.1 Å². The average Bonchev–Trinajstić information content (AvgIpc) is 2.40. The third-order valence-electron chi connectivity index (χ3n) is 1.31. The van der Waals surface area contributed by atoms with Crippen LogP contribution in [0, 0.1) is 0 Å². The molecule has 5 N–H and O–H groups in total. The van der Waals surface area contributed by atoms with Gasteiger partial charge in [0, 0.05) is 0 Å². The van der Waals surface area contributed by atoms with Crippen LogP contribution in [0.25, 0.3) is 0 Å². The molecule has 6 nitrogen and oxygen atoms in total. The predicted octanol–water partition coefficient (Wildman–Crippen LogP) is 0.00630. The Hall–Kier alpha value is -0.890. The minimum Gasteiger partial charge on any atom is -0.399 e. The fraction of sp³-hybridized carbons (Fsp3) is 0.333. The number of hydrogen-bond donors (Lipinski definition) is 3. The molecule has 0 saturated heterocycles. The zero-order chi connectivity index (χ0) is 10.7. The van der Waals surface area contributed by atoms with E-state index in [9.17, 15) is 0 Å². The Bertz CT molecular complexity index is 352. The third kappa shape index (κ3) is 2.32.